The van der Waals surface area contributed by atoms with Gasteiger partial charge in [0.1, 0.15) is 0 Å². The molecule has 0 atom stereocenters. The first-order valence-electron chi connectivity index (χ1n) is 0. The third-order valence-electron chi connectivity index (χ3n) is 0. The van der Waals surface area contributed by atoms with Gasteiger partial charge in [-0.1, -0.05) is 0 Å². The summed E-state index contributed by atoms with van der Waals surface area (Å²) in [6, 6.07) is 0. The average molecular weight is 220 g/mol. The fraction of sp³-hybridized carbons (Fsp3) is 0. The minimum Gasteiger partial charge on any atom is -0.873 e. The fourth-order valence-corrected chi connectivity index (χ4v) is 0. The molecule has 0 saturated carbocycles. The van der Waals surface area contributed by atoms with Crippen LogP contribution >= 0.6 is 0 Å². The van der Waals surface area contributed by atoms with Gasteiger partial charge in [0.05, 0.1) is 0 Å². The van der Waals surface area contributed by atoms with E-state index in [1.807, 2.05) is 0 Å². The van der Waals surface area contributed by atoms with Crippen molar-refractivity contribution in [3.05, 3.63) is 0 Å². The van der Waals surface area contributed by atoms with Crippen LogP contribution in [0.25, 0.3) is 0 Å². The topological polar surface area (TPSA) is 184 Å². The first-order chi connectivity index (χ1) is 0. The molecule has 48 valence electrons. The average Bonchev–Trinajstić information content (AvgIpc) is 0. The summed E-state index contributed by atoms with van der Waals surface area (Å²) < 4.78 is 0. The van der Waals surface area contributed by atoms with E-state index in [9.17, 15) is 0 Å². The second-order valence-electron chi connectivity index (χ2n) is 0. The van der Waals surface area contributed by atoms with Crippen LogP contribution in [-0.4, -0.2) is 53.2 Å². The molecule has 0 radical (unpaired) electrons. The SMILES string of the molecule is [In+3].[OH-].[OH-].[OH-].[OH-].[OH-].[OH4+2]. The Labute approximate surface area is 59.2 Å². The van der Waals surface area contributed by atoms with Crippen molar-refractivity contribution in [3.63, 3.8) is 0 Å². The molecule has 0 amide bonds. The van der Waals surface area contributed by atoms with Gasteiger partial charge >= 0.3 is 25.8 Å². The molecule has 0 aromatic heterocycles. The molecule has 0 aromatic rings. The maximum atomic E-state index is 0. The third-order valence-corrected chi connectivity index (χ3v) is 0. The monoisotopic (exact) mass is 220 g/mol. The van der Waals surface area contributed by atoms with E-state index >= 15 is 0 Å². The minimum atomic E-state index is 0. The van der Waals surface area contributed by atoms with E-state index in [1.54, 1.807) is 0 Å². The van der Waals surface area contributed by atoms with Crippen LogP contribution in [0, 0.1) is 0 Å². The Morgan fingerprint density at radius 1 is 0.429 bits per heavy atom. The molecule has 0 unspecified atom stereocenters. The molecule has 0 aliphatic rings. The Balaban J connectivity index is 0. The number of hydrogen-bond donors (Lipinski definition) is 0. The van der Waals surface area contributed by atoms with Gasteiger partial charge < -0.3 is 32.9 Å². The Bertz CT molecular complexity index is 4.14. The van der Waals surface area contributed by atoms with Gasteiger partial charge in [-0.15, -0.1) is 0 Å². The van der Waals surface area contributed by atoms with Gasteiger partial charge in [-0.2, -0.15) is 0 Å². The summed E-state index contributed by atoms with van der Waals surface area (Å²) in [6.45, 7) is 0. The summed E-state index contributed by atoms with van der Waals surface area (Å²) in [5, 5.41) is 0. The molecular weight excluding hydrogens is 211 g/mol. The zero-order chi connectivity index (χ0) is 0. The second kappa shape index (κ2) is 529. The number of rotatable bonds is 0. The molecular formula is H9InO6. The van der Waals surface area contributed by atoms with Crippen LogP contribution in [0.15, 0.2) is 0 Å². The molecule has 0 spiro atoms. The van der Waals surface area contributed by atoms with Crippen LogP contribution in [0.2, 0.25) is 0 Å². The van der Waals surface area contributed by atoms with Gasteiger partial charge in [0.2, 0.25) is 0 Å². The molecule has 6 nitrogen and oxygen atoms in total. The quantitative estimate of drug-likeness (QED) is 0.437. The second-order valence-corrected chi connectivity index (χ2v) is 0. The largest absolute Gasteiger partial charge is 3.00 e. The van der Waals surface area contributed by atoms with Crippen molar-refractivity contribution in [2.45, 2.75) is 0 Å². The molecule has 0 fully saturated rings. The van der Waals surface area contributed by atoms with Crippen LogP contribution in [-0.2, 0) is 5.48 Å². The molecule has 0 aliphatic heterocycles. The zero-order valence-electron chi connectivity index (χ0n) is 3.52. The van der Waals surface area contributed by atoms with E-state index < -0.39 is 0 Å². The van der Waals surface area contributed by atoms with E-state index in [2.05, 4.69) is 0 Å². The molecule has 0 aliphatic carbocycles. The van der Waals surface area contributed by atoms with Crippen molar-refractivity contribution >= 4 is 25.8 Å². The van der Waals surface area contributed by atoms with E-state index in [0.29, 0.717) is 0 Å². The maximum absolute atomic E-state index is 0. The van der Waals surface area contributed by atoms with Gasteiger partial charge in [0.25, 0.3) is 0 Å². The van der Waals surface area contributed by atoms with E-state index in [4.69, 9.17) is 0 Å². The molecule has 7 heavy (non-hydrogen) atoms. The van der Waals surface area contributed by atoms with Crippen LogP contribution < -0.4 is 0 Å². The summed E-state index contributed by atoms with van der Waals surface area (Å²) >= 11 is 0. The molecule has 0 aromatic carbocycles. The van der Waals surface area contributed by atoms with Gasteiger partial charge in [-0.3, -0.25) is 0 Å². The predicted molar refractivity (Wildman–Crippen MR) is 21.7 cm³/mol. The van der Waals surface area contributed by atoms with Crippen molar-refractivity contribution in [3.8, 4) is 0 Å². The Kier molecular flexibility index (Phi) is 63900. The molecule has 0 bridgehead atoms. The minimum absolute atomic E-state index is 0. The standard InChI is InChI=1S/In.H4O.5H2O/h;1H4;5*1H2/q+3;+2;;;;;/p-5. The Morgan fingerprint density at radius 3 is 0.429 bits per heavy atom. The van der Waals surface area contributed by atoms with Crippen LogP contribution in [0.4, 0.5) is 0 Å². The predicted octanol–water partition coefficient (Wildman–Crippen LogP) is -2.45. The van der Waals surface area contributed by atoms with E-state index in [0.717, 1.165) is 0 Å². The van der Waals surface area contributed by atoms with Crippen LogP contribution in [0.1, 0.15) is 0 Å². The van der Waals surface area contributed by atoms with Crippen molar-refractivity contribution in [1.29, 1.82) is 0 Å². The van der Waals surface area contributed by atoms with Crippen molar-refractivity contribution < 1.29 is 32.9 Å². The van der Waals surface area contributed by atoms with Gasteiger partial charge in [0, 0.05) is 0 Å². The Hall–Kier alpha value is 0.630. The smallest absolute Gasteiger partial charge is 0.873 e. The van der Waals surface area contributed by atoms with Crippen molar-refractivity contribution in [1.82, 2.24) is 0 Å². The summed E-state index contributed by atoms with van der Waals surface area (Å²) in [7, 11) is 0. The fourth-order valence-electron chi connectivity index (χ4n) is 0. The normalized spacial score (nSPS) is 0. The van der Waals surface area contributed by atoms with Gasteiger partial charge in [0.15, 0.2) is 0 Å². The van der Waals surface area contributed by atoms with Crippen LogP contribution in [0.3, 0.4) is 0 Å². The first-order valence-corrected chi connectivity index (χ1v) is 0. The van der Waals surface area contributed by atoms with Gasteiger partial charge in [-0.25, -0.2) is 0 Å². The molecule has 9 N–H and O–H groups in total. The van der Waals surface area contributed by atoms with E-state index in [1.165, 1.54) is 0 Å². The molecule has 0 heterocycles. The van der Waals surface area contributed by atoms with E-state index in [-0.39, 0.29) is 58.7 Å². The van der Waals surface area contributed by atoms with Crippen molar-refractivity contribution in [2.24, 2.45) is 0 Å². The van der Waals surface area contributed by atoms with Crippen molar-refractivity contribution in [2.75, 3.05) is 0 Å². The summed E-state index contributed by atoms with van der Waals surface area (Å²) in [5.74, 6) is 0. The molecule has 7 heteroatoms. The number of hydrogen-bond acceptors (Lipinski definition) is 5. The first kappa shape index (κ1) is 845. The summed E-state index contributed by atoms with van der Waals surface area (Å²) in [6.07, 6.45) is 0. The summed E-state index contributed by atoms with van der Waals surface area (Å²) in [5.41, 5.74) is 0. The molecule has 0 rings (SSSR count). The Morgan fingerprint density at radius 2 is 0.429 bits per heavy atom. The maximum Gasteiger partial charge on any atom is 3.00 e. The van der Waals surface area contributed by atoms with Crippen LogP contribution in [0.5, 0.6) is 0 Å². The summed E-state index contributed by atoms with van der Waals surface area (Å²) in [4.78, 5) is 0. The third kappa shape index (κ3) is 358. The zero-order valence-corrected chi connectivity index (χ0v) is 6.82. The van der Waals surface area contributed by atoms with Gasteiger partial charge in [-0.05, 0) is 0 Å². The molecule has 0 saturated heterocycles.